The third-order valence-electron chi connectivity index (χ3n) is 4.45. The molecule has 0 heterocycles. The summed E-state index contributed by atoms with van der Waals surface area (Å²) in [6.07, 6.45) is -0.978. The number of non-ortho nitro benzene ring substituents is 1. The van der Waals surface area contributed by atoms with E-state index in [1.54, 1.807) is 39.8 Å². The first-order valence-electron chi connectivity index (χ1n) is 10.1. The van der Waals surface area contributed by atoms with Crippen molar-refractivity contribution in [2.75, 3.05) is 12.4 Å². The number of methoxy groups -OCH3 is 1. The number of carbonyl (C=O) groups is 3. The molecule has 0 radical (unpaired) electrons. The summed E-state index contributed by atoms with van der Waals surface area (Å²) in [7, 11) is 1.36. The van der Waals surface area contributed by atoms with E-state index >= 15 is 0 Å². The Morgan fingerprint density at radius 3 is 1.94 bits per heavy atom. The average Bonchev–Trinajstić information content (AvgIpc) is 2.73. The lowest BCUT2D eigenvalue weighted by atomic mass is 10.1. The topological polar surface area (TPSA) is 137 Å². The second-order valence-corrected chi connectivity index (χ2v) is 8.29. The number of amides is 2. The molecule has 0 saturated carbocycles. The zero-order valence-corrected chi connectivity index (χ0v) is 19.1. The maximum Gasteiger partial charge on any atom is 0.337 e. The quantitative estimate of drug-likeness (QED) is 0.352. The van der Waals surface area contributed by atoms with E-state index in [9.17, 15) is 24.5 Å². The van der Waals surface area contributed by atoms with Crippen molar-refractivity contribution in [1.29, 1.82) is 0 Å². The molecule has 10 nitrogen and oxygen atoms in total. The van der Waals surface area contributed by atoms with E-state index in [1.807, 2.05) is 0 Å². The minimum Gasteiger partial charge on any atom is -0.458 e. The molecule has 0 aliphatic carbocycles. The van der Waals surface area contributed by atoms with E-state index in [0.717, 1.165) is 0 Å². The smallest absolute Gasteiger partial charge is 0.337 e. The monoisotopic (exact) mass is 457 g/mol. The number of esters is 1. The van der Waals surface area contributed by atoms with E-state index in [2.05, 4.69) is 10.6 Å². The first-order chi connectivity index (χ1) is 15.4. The van der Waals surface area contributed by atoms with E-state index in [-0.39, 0.29) is 11.3 Å². The van der Waals surface area contributed by atoms with Crippen LogP contribution in [-0.4, -0.2) is 47.6 Å². The number of hydrogen-bond donors (Lipinski definition) is 2. The normalized spacial score (nSPS) is 12.9. The molecule has 0 aromatic heterocycles. The van der Waals surface area contributed by atoms with Crippen molar-refractivity contribution in [3.05, 3.63) is 69.8 Å². The Hall–Kier alpha value is -3.79. The zero-order chi connectivity index (χ0) is 24.8. The molecule has 2 aromatic rings. The predicted octanol–water partition coefficient (Wildman–Crippen LogP) is 3.32. The Labute approximate surface area is 191 Å². The van der Waals surface area contributed by atoms with Crippen molar-refractivity contribution in [1.82, 2.24) is 5.32 Å². The summed E-state index contributed by atoms with van der Waals surface area (Å²) in [6.45, 7) is 6.85. The molecule has 176 valence electrons. The lowest BCUT2D eigenvalue weighted by molar-refractivity contribution is -0.384. The van der Waals surface area contributed by atoms with Gasteiger partial charge in [0, 0.05) is 36.1 Å². The SMILES string of the molecule is CO[C@H](C(=O)OC(C)(C)C)[C@@H](C)NC(=O)c1ccc(NC(=O)c2ccc([N+](=O)[O-])cc2)cc1. The van der Waals surface area contributed by atoms with Crippen LogP contribution in [0.4, 0.5) is 11.4 Å². The highest BCUT2D eigenvalue weighted by Crippen LogP contribution is 2.16. The molecule has 33 heavy (non-hydrogen) atoms. The summed E-state index contributed by atoms with van der Waals surface area (Å²) in [5.41, 5.74) is 0.204. The molecule has 0 aliphatic rings. The predicted molar refractivity (Wildman–Crippen MR) is 121 cm³/mol. The van der Waals surface area contributed by atoms with Gasteiger partial charge >= 0.3 is 5.97 Å². The third-order valence-corrected chi connectivity index (χ3v) is 4.45. The molecule has 0 saturated heterocycles. The number of hydrogen-bond acceptors (Lipinski definition) is 7. The van der Waals surface area contributed by atoms with E-state index in [1.165, 1.54) is 43.5 Å². The minimum absolute atomic E-state index is 0.112. The van der Waals surface area contributed by atoms with Crippen LogP contribution in [0.5, 0.6) is 0 Å². The van der Waals surface area contributed by atoms with Crippen LogP contribution in [0.2, 0.25) is 0 Å². The highest BCUT2D eigenvalue weighted by molar-refractivity contribution is 6.04. The Morgan fingerprint density at radius 1 is 0.939 bits per heavy atom. The van der Waals surface area contributed by atoms with Gasteiger partial charge in [0.1, 0.15) is 5.60 Å². The first-order valence-corrected chi connectivity index (χ1v) is 10.1. The molecule has 0 aliphatic heterocycles. The highest BCUT2D eigenvalue weighted by atomic mass is 16.6. The van der Waals surface area contributed by atoms with Gasteiger partial charge in [0.25, 0.3) is 17.5 Å². The van der Waals surface area contributed by atoms with Crippen LogP contribution >= 0.6 is 0 Å². The molecular formula is C23H27N3O7. The van der Waals surface area contributed by atoms with Crippen molar-refractivity contribution >= 4 is 29.2 Å². The lowest BCUT2D eigenvalue weighted by Gasteiger charge is -2.26. The Kier molecular flexibility index (Phi) is 8.25. The molecule has 0 bridgehead atoms. The van der Waals surface area contributed by atoms with Crippen LogP contribution in [0.1, 0.15) is 48.4 Å². The summed E-state index contributed by atoms with van der Waals surface area (Å²) in [4.78, 5) is 47.3. The van der Waals surface area contributed by atoms with E-state index < -0.39 is 40.5 Å². The van der Waals surface area contributed by atoms with Gasteiger partial charge in [-0.05, 0) is 64.1 Å². The maximum absolute atomic E-state index is 12.6. The Balaban J connectivity index is 1.99. The molecule has 0 spiro atoms. The Bertz CT molecular complexity index is 1010. The van der Waals surface area contributed by atoms with Crippen LogP contribution < -0.4 is 10.6 Å². The number of rotatable bonds is 8. The summed E-state index contributed by atoms with van der Waals surface area (Å²) in [5.74, 6) is -1.46. The van der Waals surface area contributed by atoms with Crippen molar-refractivity contribution in [2.45, 2.75) is 45.4 Å². The molecule has 0 fully saturated rings. The highest BCUT2D eigenvalue weighted by Gasteiger charge is 2.31. The molecular weight excluding hydrogens is 430 g/mol. The van der Waals surface area contributed by atoms with Crippen LogP contribution in [0, 0.1) is 10.1 Å². The number of nitrogens with one attached hydrogen (secondary N) is 2. The summed E-state index contributed by atoms with van der Waals surface area (Å²) >= 11 is 0. The van der Waals surface area contributed by atoms with Gasteiger partial charge in [-0.3, -0.25) is 19.7 Å². The van der Waals surface area contributed by atoms with Gasteiger partial charge in [-0.25, -0.2) is 4.79 Å². The Morgan fingerprint density at radius 2 is 1.45 bits per heavy atom. The van der Waals surface area contributed by atoms with Gasteiger partial charge in [-0.1, -0.05) is 0 Å². The molecule has 0 unspecified atom stereocenters. The average molecular weight is 457 g/mol. The summed E-state index contributed by atoms with van der Waals surface area (Å²) in [6, 6.07) is 10.7. The minimum atomic E-state index is -0.978. The van der Waals surface area contributed by atoms with E-state index in [4.69, 9.17) is 9.47 Å². The number of carbonyl (C=O) groups excluding carboxylic acids is 3. The van der Waals surface area contributed by atoms with Gasteiger partial charge < -0.3 is 20.1 Å². The number of nitro groups is 1. The number of nitrogens with zero attached hydrogens (tertiary/aromatic N) is 1. The molecule has 2 atom stereocenters. The zero-order valence-electron chi connectivity index (χ0n) is 19.1. The molecule has 2 aromatic carbocycles. The number of benzene rings is 2. The molecule has 2 amide bonds. The van der Waals surface area contributed by atoms with Gasteiger partial charge in [-0.15, -0.1) is 0 Å². The molecule has 2 N–H and O–H groups in total. The second kappa shape index (κ2) is 10.7. The van der Waals surface area contributed by atoms with Crippen molar-refractivity contribution < 1.29 is 28.8 Å². The fourth-order valence-electron chi connectivity index (χ4n) is 2.87. The largest absolute Gasteiger partial charge is 0.458 e. The van der Waals surface area contributed by atoms with Crippen molar-refractivity contribution in [3.63, 3.8) is 0 Å². The summed E-state index contributed by atoms with van der Waals surface area (Å²) in [5, 5.41) is 16.1. The van der Waals surface area contributed by atoms with Crippen molar-refractivity contribution in [3.8, 4) is 0 Å². The number of anilines is 1. The van der Waals surface area contributed by atoms with Crippen LogP contribution in [0.15, 0.2) is 48.5 Å². The number of nitro benzene ring substituents is 1. The third kappa shape index (κ3) is 7.39. The van der Waals surface area contributed by atoms with Crippen LogP contribution in [-0.2, 0) is 14.3 Å². The second-order valence-electron chi connectivity index (χ2n) is 8.29. The fourth-order valence-corrected chi connectivity index (χ4v) is 2.87. The molecule has 2 rings (SSSR count). The van der Waals surface area contributed by atoms with Gasteiger partial charge in [0.15, 0.2) is 6.10 Å². The summed E-state index contributed by atoms with van der Waals surface area (Å²) < 4.78 is 10.5. The van der Waals surface area contributed by atoms with Crippen molar-refractivity contribution in [2.24, 2.45) is 0 Å². The maximum atomic E-state index is 12.6. The van der Waals surface area contributed by atoms with E-state index in [0.29, 0.717) is 11.3 Å². The fraction of sp³-hybridized carbons (Fsp3) is 0.348. The number of ether oxygens (including phenoxy) is 2. The lowest BCUT2D eigenvalue weighted by Crippen LogP contribution is -2.48. The van der Waals surface area contributed by atoms with Gasteiger partial charge in [0.05, 0.1) is 11.0 Å². The standard InChI is InChI=1S/C23H27N3O7/c1-14(19(32-5)22(29)33-23(2,3)4)24-20(27)15-6-10-17(11-7-15)25-21(28)16-8-12-18(13-9-16)26(30)31/h6-14,19H,1-5H3,(H,24,27)(H,25,28)/t14-,19+/m1/s1. The first kappa shape index (κ1) is 25.5. The van der Waals surface area contributed by atoms with Gasteiger partial charge in [-0.2, -0.15) is 0 Å². The van der Waals surface area contributed by atoms with Crippen LogP contribution in [0.25, 0.3) is 0 Å². The van der Waals surface area contributed by atoms with Gasteiger partial charge in [0.2, 0.25) is 0 Å². The molecule has 10 heteroatoms. The van der Waals surface area contributed by atoms with Crippen LogP contribution in [0.3, 0.4) is 0 Å².